The number of hydrogen-bond acceptors (Lipinski definition) is 4. The number of quaternary nitrogens is 2. The summed E-state index contributed by atoms with van der Waals surface area (Å²) < 4.78 is 6.33. The molecule has 4 rings (SSSR count). The van der Waals surface area contributed by atoms with E-state index in [9.17, 15) is 9.90 Å². The van der Waals surface area contributed by atoms with Crippen LogP contribution in [0, 0.1) is 0 Å². The number of nitrogens with zero attached hydrogens (tertiary/aromatic N) is 2. The molecular weight excluding hydrogens is 354 g/mol. The summed E-state index contributed by atoms with van der Waals surface area (Å²) in [4.78, 5) is 18.5. The van der Waals surface area contributed by atoms with E-state index >= 15 is 0 Å². The first-order valence-corrected chi connectivity index (χ1v) is 9.42. The lowest BCUT2D eigenvalue weighted by atomic mass is 10.1. The third kappa shape index (κ3) is 3.56. The van der Waals surface area contributed by atoms with E-state index in [1.807, 2.05) is 18.2 Å². The second kappa shape index (κ2) is 6.89. The molecule has 2 aromatic carbocycles. The second-order valence-electron chi connectivity index (χ2n) is 8.22. The highest BCUT2D eigenvalue weighted by molar-refractivity contribution is 6.00. The summed E-state index contributed by atoms with van der Waals surface area (Å²) in [6.07, 6.45) is 0.991. The molecule has 0 fully saturated rings. The summed E-state index contributed by atoms with van der Waals surface area (Å²) in [5.41, 5.74) is 2.25. The van der Waals surface area contributed by atoms with Gasteiger partial charge < -0.3 is 14.0 Å². The Morgan fingerprint density at radius 3 is 2.68 bits per heavy atom. The molecule has 2 heterocycles. The Hall–Kier alpha value is -2.96. The van der Waals surface area contributed by atoms with E-state index in [-0.39, 0.29) is 5.75 Å². The normalized spacial score (nSPS) is 16.2. The lowest BCUT2D eigenvalue weighted by molar-refractivity contribution is -0.873. The molecule has 1 N–H and O–H groups in total. The van der Waals surface area contributed by atoms with Crippen molar-refractivity contribution < 1.29 is 18.9 Å². The molecule has 0 saturated carbocycles. The van der Waals surface area contributed by atoms with E-state index in [0.717, 1.165) is 45.7 Å². The Morgan fingerprint density at radius 2 is 1.89 bits per heavy atom. The summed E-state index contributed by atoms with van der Waals surface area (Å²) in [6.45, 7) is 1.86. The van der Waals surface area contributed by atoms with Crippen molar-refractivity contribution in [3.63, 3.8) is 0 Å². The molecule has 6 nitrogen and oxygen atoms in total. The zero-order valence-corrected chi connectivity index (χ0v) is 16.4. The lowest BCUT2D eigenvalue weighted by Gasteiger charge is -2.24. The summed E-state index contributed by atoms with van der Waals surface area (Å²) in [6, 6.07) is 14.3. The van der Waals surface area contributed by atoms with Gasteiger partial charge in [-0.25, -0.2) is 4.79 Å². The average Bonchev–Trinajstić information content (AvgIpc) is 2.98. The number of hydrogen-bond donors (Lipinski definition) is 1. The maximum Gasteiger partial charge on any atom is 0.351 e. The van der Waals surface area contributed by atoms with Crippen LogP contribution in [0.2, 0.25) is 0 Å². The lowest BCUT2D eigenvalue weighted by Crippen LogP contribution is -3.09. The molecule has 0 amide bonds. The third-order valence-electron chi connectivity index (χ3n) is 4.97. The van der Waals surface area contributed by atoms with Crippen LogP contribution in [0.3, 0.4) is 0 Å². The Kier molecular flexibility index (Phi) is 4.53. The minimum absolute atomic E-state index is 0.179. The maximum absolute atomic E-state index is 12.7. The molecule has 1 atom stereocenters. The summed E-state index contributed by atoms with van der Waals surface area (Å²) in [5, 5.41) is 12.3. The van der Waals surface area contributed by atoms with E-state index in [4.69, 9.17) is 9.41 Å². The van der Waals surface area contributed by atoms with E-state index in [2.05, 4.69) is 27.2 Å². The first kappa shape index (κ1) is 18.4. The fourth-order valence-electron chi connectivity index (χ4n) is 3.60. The average molecular weight is 378 g/mol. The van der Waals surface area contributed by atoms with Gasteiger partial charge >= 0.3 is 5.63 Å². The van der Waals surface area contributed by atoms with Gasteiger partial charge in [-0.1, -0.05) is 24.3 Å². The van der Waals surface area contributed by atoms with Crippen LogP contribution >= 0.6 is 0 Å². The SMILES string of the molecule is C[N+](C)(C)CCC[NH+]1C(c2cc3ccc([O-])cc3oc2=O)=Nc2ccccc21. The van der Waals surface area contributed by atoms with Gasteiger partial charge in [0, 0.05) is 17.9 Å². The Labute approximate surface area is 163 Å². The number of amidine groups is 1. The summed E-state index contributed by atoms with van der Waals surface area (Å²) >= 11 is 0. The quantitative estimate of drug-likeness (QED) is 0.541. The second-order valence-corrected chi connectivity index (χ2v) is 8.22. The van der Waals surface area contributed by atoms with Crippen LogP contribution in [0.25, 0.3) is 11.0 Å². The highest BCUT2D eigenvalue weighted by atomic mass is 16.4. The van der Waals surface area contributed by atoms with Crippen LogP contribution in [0.15, 0.2) is 62.7 Å². The molecule has 28 heavy (non-hydrogen) atoms. The van der Waals surface area contributed by atoms with Gasteiger partial charge in [-0.2, -0.15) is 4.99 Å². The van der Waals surface area contributed by atoms with Crippen LogP contribution in [0.1, 0.15) is 12.0 Å². The van der Waals surface area contributed by atoms with E-state index < -0.39 is 5.63 Å². The van der Waals surface area contributed by atoms with Crippen molar-refractivity contribution in [1.82, 2.24) is 0 Å². The van der Waals surface area contributed by atoms with Crippen LogP contribution in [-0.2, 0) is 0 Å². The molecule has 0 spiro atoms. The van der Waals surface area contributed by atoms with Gasteiger partial charge in [-0.15, -0.1) is 5.75 Å². The van der Waals surface area contributed by atoms with Gasteiger partial charge in [0.25, 0.3) is 0 Å². The Balaban J connectivity index is 1.74. The van der Waals surface area contributed by atoms with Gasteiger partial charge in [0.2, 0.25) is 5.84 Å². The van der Waals surface area contributed by atoms with Crippen LogP contribution < -0.4 is 15.6 Å². The zero-order valence-electron chi connectivity index (χ0n) is 16.4. The number of rotatable bonds is 5. The van der Waals surface area contributed by atoms with Crippen molar-refractivity contribution in [2.75, 3.05) is 34.2 Å². The highest BCUT2D eigenvalue weighted by Crippen LogP contribution is 2.26. The van der Waals surface area contributed by atoms with E-state index in [1.54, 1.807) is 12.1 Å². The molecule has 1 aliphatic rings. The molecule has 0 saturated heterocycles. The number of benzene rings is 2. The number of fused-ring (bicyclic) bond motifs is 2. The van der Waals surface area contributed by atoms with Crippen molar-refractivity contribution in [3.8, 4) is 5.75 Å². The van der Waals surface area contributed by atoms with Gasteiger partial charge in [0.15, 0.2) is 5.69 Å². The minimum Gasteiger partial charge on any atom is -0.872 e. The van der Waals surface area contributed by atoms with Crippen molar-refractivity contribution in [2.45, 2.75) is 6.42 Å². The standard InChI is InChI=1S/C22H23N3O3/c1-25(2,3)12-6-11-24-19-8-5-4-7-18(19)23-21(24)17-13-15-9-10-16(26)14-20(15)28-22(17)27/h4-5,7-10,13-14H,6,11-12H2,1-3H3/p+1. The van der Waals surface area contributed by atoms with Gasteiger partial charge in [-0.05, 0) is 18.2 Å². The molecule has 0 radical (unpaired) electrons. The number of nitrogens with one attached hydrogen (secondary N) is 1. The molecule has 144 valence electrons. The predicted octanol–water partition coefficient (Wildman–Crippen LogP) is 1.57. The number of aliphatic imine (C=N–C) groups is 1. The van der Waals surface area contributed by atoms with Crippen LogP contribution in [0.5, 0.6) is 5.75 Å². The van der Waals surface area contributed by atoms with E-state index in [0.29, 0.717) is 17.0 Å². The highest BCUT2D eigenvalue weighted by Gasteiger charge is 2.33. The molecule has 6 heteroatoms. The van der Waals surface area contributed by atoms with Gasteiger partial charge in [-0.3, -0.25) is 4.90 Å². The van der Waals surface area contributed by atoms with Gasteiger partial charge in [0.1, 0.15) is 16.8 Å². The summed E-state index contributed by atoms with van der Waals surface area (Å²) in [5.74, 6) is 0.506. The first-order valence-electron chi connectivity index (χ1n) is 9.42. The fraction of sp³-hybridized carbons (Fsp3) is 0.273. The summed E-state index contributed by atoms with van der Waals surface area (Å²) in [7, 11) is 6.51. The van der Waals surface area contributed by atoms with Crippen molar-refractivity contribution in [1.29, 1.82) is 0 Å². The van der Waals surface area contributed by atoms with E-state index in [1.165, 1.54) is 12.1 Å². The Bertz CT molecular complexity index is 1130. The Morgan fingerprint density at radius 1 is 1.11 bits per heavy atom. The molecule has 0 bridgehead atoms. The van der Waals surface area contributed by atoms with Crippen molar-refractivity contribution >= 4 is 28.2 Å². The zero-order chi connectivity index (χ0) is 19.9. The molecule has 1 unspecified atom stereocenters. The fourth-order valence-corrected chi connectivity index (χ4v) is 3.60. The van der Waals surface area contributed by atoms with Crippen LogP contribution in [-0.4, -0.2) is 44.6 Å². The van der Waals surface area contributed by atoms with Crippen molar-refractivity contribution in [3.05, 3.63) is 64.5 Å². The topological polar surface area (TPSA) is 70.1 Å². The van der Waals surface area contributed by atoms with Crippen LogP contribution in [0.4, 0.5) is 11.4 Å². The first-order chi connectivity index (χ1) is 13.3. The smallest absolute Gasteiger partial charge is 0.351 e. The molecule has 1 aliphatic heterocycles. The molecule has 3 aromatic rings. The molecule has 0 aliphatic carbocycles. The molecule has 1 aromatic heterocycles. The third-order valence-corrected chi connectivity index (χ3v) is 4.97. The maximum atomic E-state index is 12.7. The van der Waals surface area contributed by atoms with Gasteiger partial charge in [0.05, 0.1) is 34.2 Å². The monoisotopic (exact) mass is 378 g/mol. The predicted molar refractivity (Wildman–Crippen MR) is 108 cm³/mol. The molecular formula is C22H24N3O3+. The van der Waals surface area contributed by atoms with Crippen molar-refractivity contribution in [2.24, 2.45) is 4.99 Å². The minimum atomic E-state index is -0.464. The number of para-hydroxylation sites is 2. The largest absolute Gasteiger partial charge is 0.872 e.